The molecule has 0 unspecified atom stereocenters. The van der Waals surface area contributed by atoms with E-state index in [2.05, 4.69) is 10.3 Å². The number of pyridine rings is 1. The molecule has 1 aliphatic heterocycles. The summed E-state index contributed by atoms with van der Waals surface area (Å²) in [5, 5.41) is 3.06. The zero-order chi connectivity index (χ0) is 23.2. The van der Waals surface area contributed by atoms with Crippen LogP contribution in [-0.2, 0) is 22.6 Å². The highest BCUT2D eigenvalue weighted by Crippen LogP contribution is 2.30. The van der Waals surface area contributed by atoms with Crippen LogP contribution >= 0.6 is 0 Å². The van der Waals surface area contributed by atoms with E-state index >= 15 is 0 Å². The minimum absolute atomic E-state index is 0.0612. The number of hydrogen-bond acceptors (Lipinski definition) is 5. The van der Waals surface area contributed by atoms with Gasteiger partial charge in [-0.2, -0.15) is 0 Å². The van der Waals surface area contributed by atoms with E-state index in [9.17, 15) is 9.59 Å². The number of rotatable bonds is 8. The molecule has 170 valence electrons. The number of nitrogens with zero attached hydrogens (tertiary/aromatic N) is 3. The normalized spacial score (nSPS) is 12.8. The van der Waals surface area contributed by atoms with Gasteiger partial charge in [-0.15, -0.1) is 0 Å². The minimum atomic E-state index is -0.150. The summed E-state index contributed by atoms with van der Waals surface area (Å²) in [7, 11) is 1.62. The van der Waals surface area contributed by atoms with Crippen molar-refractivity contribution in [3.05, 3.63) is 89.1 Å². The third kappa shape index (κ3) is 5.21. The third-order valence-electron chi connectivity index (χ3n) is 5.77. The van der Waals surface area contributed by atoms with Gasteiger partial charge in [0.1, 0.15) is 0 Å². The molecule has 0 saturated carbocycles. The lowest BCUT2D eigenvalue weighted by atomic mass is 10.1. The van der Waals surface area contributed by atoms with Crippen LogP contribution in [0, 0.1) is 6.92 Å². The van der Waals surface area contributed by atoms with Gasteiger partial charge in [-0.3, -0.25) is 9.59 Å². The van der Waals surface area contributed by atoms with E-state index in [4.69, 9.17) is 4.74 Å². The minimum Gasteiger partial charge on any atom is -0.383 e. The second kappa shape index (κ2) is 10.3. The second-order valence-corrected chi connectivity index (χ2v) is 8.06. The molecule has 0 fully saturated rings. The Balaban J connectivity index is 1.63. The number of methoxy groups -OCH3 is 1. The number of anilines is 2. The zero-order valence-electron chi connectivity index (χ0n) is 19.0. The van der Waals surface area contributed by atoms with Crippen LogP contribution in [0.1, 0.15) is 27.0 Å². The van der Waals surface area contributed by atoms with Crippen LogP contribution in [0.25, 0.3) is 0 Å². The monoisotopic (exact) mass is 444 g/mol. The van der Waals surface area contributed by atoms with Crippen molar-refractivity contribution in [2.75, 3.05) is 37.0 Å². The maximum atomic E-state index is 13.5. The molecule has 0 aliphatic carbocycles. The van der Waals surface area contributed by atoms with Crippen molar-refractivity contribution >= 4 is 23.3 Å². The Morgan fingerprint density at radius 2 is 1.91 bits per heavy atom. The second-order valence-electron chi connectivity index (χ2n) is 8.06. The average molecular weight is 445 g/mol. The summed E-state index contributed by atoms with van der Waals surface area (Å²) in [5.74, 6) is 0.390. The Morgan fingerprint density at radius 1 is 1.15 bits per heavy atom. The largest absolute Gasteiger partial charge is 0.383 e. The first-order valence-electron chi connectivity index (χ1n) is 11.0. The van der Waals surface area contributed by atoms with E-state index in [1.54, 1.807) is 29.2 Å². The third-order valence-corrected chi connectivity index (χ3v) is 5.77. The Morgan fingerprint density at radius 3 is 2.67 bits per heavy atom. The van der Waals surface area contributed by atoms with Crippen LogP contribution in [-0.4, -0.2) is 48.5 Å². The molecule has 1 aliphatic rings. The Labute approximate surface area is 194 Å². The van der Waals surface area contributed by atoms with Crippen molar-refractivity contribution < 1.29 is 14.3 Å². The van der Waals surface area contributed by atoms with Crippen LogP contribution in [0.3, 0.4) is 0 Å². The summed E-state index contributed by atoms with van der Waals surface area (Å²) >= 11 is 0. The summed E-state index contributed by atoms with van der Waals surface area (Å²) in [6, 6.07) is 19.6. The number of amides is 2. The van der Waals surface area contributed by atoms with Crippen LogP contribution < -0.4 is 10.2 Å². The number of carbonyl (C=O) groups is 2. The number of nitrogens with one attached hydrogen (secondary N) is 1. The molecule has 0 bridgehead atoms. The predicted octanol–water partition coefficient (Wildman–Crippen LogP) is 3.64. The first kappa shape index (κ1) is 22.5. The summed E-state index contributed by atoms with van der Waals surface area (Å²) in [5.41, 5.74) is 4.27. The van der Waals surface area contributed by atoms with E-state index in [0.29, 0.717) is 43.3 Å². The summed E-state index contributed by atoms with van der Waals surface area (Å²) < 4.78 is 5.24. The molecule has 2 amide bonds. The van der Waals surface area contributed by atoms with Gasteiger partial charge in [0.2, 0.25) is 5.91 Å². The van der Waals surface area contributed by atoms with Crippen LogP contribution in [0.15, 0.2) is 66.9 Å². The summed E-state index contributed by atoms with van der Waals surface area (Å²) in [6.07, 6.45) is 1.57. The number of aryl methyl sites for hydroxylation is 1. The van der Waals surface area contributed by atoms with Gasteiger partial charge < -0.3 is 19.9 Å². The molecule has 0 spiro atoms. The lowest BCUT2D eigenvalue weighted by molar-refractivity contribution is -0.117. The molecule has 7 heteroatoms. The van der Waals surface area contributed by atoms with Crippen LogP contribution in [0.4, 0.5) is 11.5 Å². The highest BCUT2D eigenvalue weighted by atomic mass is 16.5. The van der Waals surface area contributed by atoms with Crippen LogP contribution in [0.5, 0.6) is 0 Å². The maximum Gasteiger partial charge on any atom is 0.255 e. The van der Waals surface area contributed by atoms with Gasteiger partial charge in [0.15, 0.2) is 5.82 Å². The number of hydrogen-bond donors (Lipinski definition) is 1. The van der Waals surface area contributed by atoms with E-state index in [0.717, 1.165) is 16.7 Å². The lowest BCUT2D eigenvalue weighted by Gasteiger charge is -2.30. The molecular weight excluding hydrogens is 416 g/mol. The van der Waals surface area contributed by atoms with Gasteiger partial charge in [0, 0.05) is 26.4 Å². The fourth-order valence-corrected chi connectivity index (χ4v) is 3.87. The highest BCUT2D eigenvalue weighted by molar-refractivity contribution is 6.04. The van der Waals surface area contributed by atoms with Gasteiger partial charge in [0.05, 0.1) is 30.9 Å². The van der Waals surface area contributed by atoms with Gasteiger partial charge in [-0.05, 0) is 29.7 Å². The number of benzene rings is 2. The van der Waals surface area contributed by atoms with Crippen molar-refractivity contribution in [2.24, 2.45) is 0 Å². The molecule has 1 N–H and O–H groups in total. The zero-order valence-corrected chi connectivity index (χ0v) is 19.0. The van der Waals surface area contributed by atoms with Crippen molar-refractivity contribution in [3.63, 3.8) is 0 Å². The number of carbonyl (C=O) groups excluding carboxylic acids is 2. The van der Waals surface area contributed by atoms with Crippen molar-refractivity contribution in [2.45, 2.75) is 20.0 Å². The molecule has 0 radical (unpaired) electrons. The van der Waals surface area contributed by atoms with Gasteiger partial charge in [0.25, 0.3) is 5.91 Å². The molecule has 1 aromatic heterocycles. The van der Waals surface area contributed by atoms with E-state index < -0.39 is 0 Å². The highest BCUT2D eigenvalue weighted by Gasteiger charge is 2.27. The molecular formula is C26H28N4O3. The molecule has 2 heterocycles. The first-order valence-corrected chi connectivity index (χ1v) is 11.0. The molecule has 0 atom stereocenters. The van der Waals surface area contributed by atoms with E-state index in [-0.39, 0.29) is 18.4 Å². The number of ether oxygens (including phenoxy) is 1. The van der Waals surface area contributed by atoms with E-state index in [1.807, 2.05) is 61.5 Å². The molecule has 33 heavy (non-hydrogen) atoms. The number of fused-ring (bicyclic) bond motifs is 1. The number of aromatic nitrogens is 1. The van der Waals surface area contributed by atoms with Crippen molar-refractivity contribution in [1.82, 2.24) is 9.88 Å². The standard InChI is InChI=1S/C26H28N4O3/c1-19-8-6-7-11-21(19)18-29(12-13-33-2)26(32)22-14-23-25(27-15-22)28-16-24(31)30(23)17-20-9-4-3-5-10-20/h3-11,14-15H,12-13,16-18H2,1-2H3,(H,27,28). The maximum absolute atomic E-state index is 13.5. The molecule has 4 rings (SSSR count). The molecule has 2 aromatic carbocycles. The van der Waals surface area contributed by atoms with Crippen molar-refractivity contribution in [1.29, 1.82) is 0 Å². The molecule has 0 saturated heterocycles. The summed E-state index contributed by atoms with van der Waals surface area (Å²) in [4.78, 5) is 34.1. The topological polar surface area (TPSA) is 74.8 Å². The Hall–Kier alpha value is -3.71. The van der Waals surface area contributed by atoms with Crippen molar-refractivity contribution in [3.8, 4) is 0 Å². The van der Waals surface area contributed by atoms with Gasteiger partial charge in [-0.1, -0.05) is 54.6 Å². The fourth-order valence-electron chi connectivity index (χ4n) is 3.87. The SMILES string of the molecule is COCCN(Cc1ccccc1C)C(=O)c1cnc2c(c1)N(Cc1ccccc1)C(=O)CN2. The Bertz CT molecular complexity index is 1130. The predicted molar refractivity (Wildman–Crippen MR) is 128 cm³/mol. The summed E-state index contributed by atoms with van der Waals surface area (Å²) in [6.45, 7) is 3.98. The van der Waals surface area contributed by atoms with Gasteiger partial charge >= 0.3 is 0 Å². The van der Waals surface area contributed by atoms with E-state index in [1.165, 1.54) is 0 Å². The van der Waals surface area contributed by atoms with Crippen LogP contribution in [0.2, 0.25) is 0 Å². The van der Waals surface area contributed by atoms with Gasteiger partial charge in [-0.25, -0.2) is 4.98 Å². The molecule has 3 aromatic rings. The lowest BCUT2D eigenvalue weighted by Crippen LogP contribution is -2.40. The average Bonchev–Trinajstić information content (AvgIpc) is 2.84. The quantitative estimate of drug-likeness (QED) is 0.574. The molecule has 7 nitrogen and oxygen atoms in total. The first-order chi connectivity index (χ1) is 16.1. The Kier molecular flexibility index (Phi) is 7.00. The smallest absolute Gasteiger partial charge is 0.255 e. The fraction of sp³-hybridized carbons (Fsp3) is 0.269.